The van der Waals surface area contributed by atoms with Gasteiger partial charge in [-0.25, -0.2) is 0 Å². The Morgan fingerprint density at radius 3 is 2.68 bits per heavy atom. The summed E-state index contributed by atoms with van der Waals surface area (Å²) in [4.78, 5) is 12.2. The van der Waals surface area contributed by atoms with Crippen LogP contribution in [0.5, 0.6) is 11.5 Å². The van der Waals surface area contributed by atoms with Gasteiger partial charge >= 0.3 is 6.61 Å². The van der Waals surface area contributed by atoms with E-state index in [1.807, 2.05) is 0 Å². The molecule has 1 N–H and O–H groups in total. The number of para-hydroxylation sites is 1. The third kappa shape index (κ3) is 5.04. The molecule has 0 aliphatic carbocycles. The molecule has 25 heavy (non-hydrogen) atoms. The highest BCUT2D eigenvalue weighted by Crippen LogP contribution is 2.23. The SMILES string of the molecule is COc1cccc(NC(=O)/C(C#N)=C/c2ccccc2OC(F)F)c1. The van der Waals surface area contributed by atoms with Crippen molar-refractivity contribution in [2.24, 2.45) is 0 Å². The summed E-state index contributed by atoms with van der Waals surface area (Å²) in [5, 5.41) is 11.8. The quantitative estimate of drug-likeness (QED) is 0.638. The van der Waals surface area contributed by atoms with Crippen LogP contribution in [-0.2, 0) is 4.79 Å². The molecule has 0 unspecified atom stereocenters. The fraction of sp³-hybridized carbons (Fsp3) is 0.111. The van der Waals surface area contributed by atoms with Crippen LogP contribution in [0.1, 0.15) is 5.56 Å². The molecule has 0 saturated carbocycles. The number of rotatable bonds is 6. The second kappa shape index (κ2) is 8.45. The zero-order valence-corrected chi connectivity index (χ0v) is 13.2. The van der Waals surface area contributed by atoms with Gasteiger partial charge in [-0.2, -0.15) is 14.0 Å². The van der Waals surface area contributed by atoms with Crippen molar-refractivity contribution in [3.63, 3.8) is 0 Å². The van der Waals surface area contributed by atoms with E-state index in [1.165, 1.54) is 31.4 Å². The van der Waals surface area contributed by atoms with E-state index >= 15 is 0 Å². The number of alkyl halides is 2. The van der Waals surface area contributed by atoms with Crippen molar-refractivity contribution < 1.29 is 23.0 Å². The zero-order valence-electron chi connectivity index (χ0n) is 13.2. The van der Waals surface area contributed by atoms with Crippen LogP contribution in [0.3, 0.4) is 0 Å². The highest BCUT2D eigenvalue weighted by molar-refractivity contribution is 6.09. The molecule has 5 nitrogen and oxygen atoms in total. The zero-order chi connectivity index (χ0) is 18.2. The molecule has 2 aromatic rings. The predicted octanol–water partition coefficient (Wildman–Crippen LogP) is 3.84. The number of methoxy groups -OCH3 is 1. The Hall–Kier alpha value is -3.40. The van der Waals surface area contributed by atoms with Gasteiger partial charge < -0.3 is 14.8 Å². The molecule has 1 amide bonds. The lowest BCUT2D eigenvalue weighted by atomic mass is 10.1. The lowest BCUT2D eigenvalue weighted by molar-refractivity contribution is -0.112. The lowest BCUT2D eigenvalue weighted by Gasteiger charge is -2.09. The number of amides is 1. The molecular weight excluding hydrogens is 330 g/mol. The average molecular weight is 344 g/mol. The summed E-state index contributed by atoms with van der Waals surface area (Å²) in [5.74, 6) is -0.266. The number of ether oxygens (including phenoxy) is 2. The normalized spacial score (nSPS) is 10.9. The molecule has 2 rings (SSSR count). The van der Waals surface area contributed by atoms with E-state index in [1.54, 1.807) is 36.4 Å². The third-order valence-corrected chi connectivity index (χ3v) is 3.13. The highest BCUT2D eigenvalue weighted by atomic mass is 19.3. The summed E-state index contributed by atoms with van der Waals surface area (Å²) in [6.07, 6.45) is 1.19. The van der Waals surface area contributed by atoms with Crippen molar-refractivity contribution in [2.45, 2.75) is 6.61 Å². The maximum Gasteiger partial charge on any atom is 0.387 e. The highest BCUT2D eigenvalue weighted by Gasteiger charge is 2.13. The van der Waals surface area contributed by atoms with Crippen LogP contribution in [0.15, 0.2) is 54.1 Å². The molecule has 0 bridgehead atoms. The molecule has 2 aromatic carbocycles. The maximum atomic E-state index is 12.4. The molecule has 0 aromatic heterocycles. The summed E-state index contributed by atoms with van der Waals surface area (Å²) in [6, 6.07) is 14.2. The van der Waals surface area contributed by atoms with Gasteiger partial charge in [-0.1, -0.05) is 24.3 Å². The summed E-state index contributed by atoms with van der Waals surface area (Å²) in [5.41, 5.74) is 0.371. The molecule has 0 aliphatic rings. The minimum Gasteiger partial charge on any atom is -0.497 e. The Labute approximate surface area is 143 Å². The van der Waals surface area contributed by atoms with Crippen LogP contribution >= 0.6 is 0 Å². The van der Waals surface area contributed by atoms with Gasteiger partial charge in [0.2, 0.25) is 0 Å². The van der Waals surface area contributed by atoms with Crippen LogP contribution in [0.2, 0.25) is 0 Å². The maximum absolute atomic E-state index is 12.4. The van der Waals surface area contributed by atoms with Crippen LogP contribution in [0, 0.1) is 11.3 Å². The van der Waals surface area contributed by atoms with Crippen molar-refractivity contribution in [2.75, 3.05) is 12.4 Å². The Morgan fingerprint density at radius 1 is 1.24 bits per heavy atom. The Balaban J connectivity index is 2.25. The van der Waals surface area contributed by atoms with Gasteiger partial charge in [0.1, 0.15) is 23.1 Å². The number of benzene rings is 2. The molecule has 128 valence electrons. The van der Waals surface area contributed by atoms with E-state index in [0.717, 1.165) is 0 Å². The molecule has 0 saturated heterocycles. The smallest absolute Gasteiger partial charge is 0.387 e. The topological polar surface area (TPSA) is 71.3 Å². The van der Waals surface area contributed by atoms with E-state index in [4.69, 9.17) is 4.74 Å². The van der Waals surface area contributed by atoms with Crippen molar-refractivity contribution in [3.8, 4) is 17.6 Å². The largest absolute Gasteiger partial charge is 0.497 e. The van der Waals surface area contributed by atoms with Gasteiger partial charge in [-0.05, 0) is 24.3 Å². The van der Waals surface area contributed by atoms with E-state index in [2.05, 4.69) is 10.1 Å². The number of hydrogen-bond acceptors (Lipinski definition) is 4. The summed E-state index contributed by atoms with van der Waals surface area (Å²) in [6.45, 7) is -3.01. The van der Waals surface area contributed by atoms with Crippen LogP contribution in [0.4, 0.5) is 14.5 Å². The van der Waals surface area contributed by atoms with Crippen LogP contribution in [0.25, 0.3) is 6.08 Å². The van der Waals surface area contributed by atoms with E-state index in [9.17, 15) is 18.8 Å². The minimum absolute atomic E-state index is 0.126. The van der Waals surface area contributed by atoms with Gasteiger partial charge in [0.25, 0.3) is 5.91 Å². The fourth-order valence-corrected chi connectivity index (χ4v) is 2.01. The van der Waals surface area contributed by atoms with Gasteiger partial charge in [-0.15, -0.1) is 0 Å². The van der Waals surface area contributed by atoms with Gasteiger partial charge in [0.15, 0.2) is 0 Å². The first-order valence-corrected chi connectivity index (χ1v) is 7.14. The van der Waals surface area contributed by atoms with Gasteiger partial charge in [-0.3, -0.25) is 4.79 Å². The Kier molecular flexibility index (Phi) is 6.07. The summed E-state index contributed by atoms with van der Waals surface area (Å²) in [7, 11) is 1.49. The number of nitrogens with one attached hydrogen (secondary N) is 1. The molecule has 0 aliphatic heterocycles. The number of nitriles is 1. The number of carbonyl (C=O) groups is 1. The van der Waals surface area contributed by atoms with Crippen molar-refractivity contribution in [1.29, 1.82) is 5.26 Å². The van der Waals surface area contributed by atoms with E-state index in [0.29, 0.717) is 11.4 Å². The minimum atomic E-state index is -3.01. The Bertz CT molecular complexity index is 829. The number of hydrogen-bond donors (Lipinski definition) is 1. The van der Waals surface area contributed by atoms with Crippen molar-refractivity contribution in [1.82, 2.24) is 0 Å². The number of carbonyl (C=O) groups excluding carboxylic acids is 1. The first-order chi connectivity index (χ1) is 12.0. The molecule has 7 heteroatoms. The molecule has 0 spiro atoms. The fourth-order valence-electron chi connectivity index (χ4n) is 2.01. The van der Waals surface area contributed by atoms with Gasteiger partial charge in [0.05, 0.1) is 7.11 Å². The first-order valence-electron chi connectivity index (χ1n) is 7.14. The van der Waals surface area contributed by atoms with E-state index in [-0.39, 0.29) is 16.9 Å². The molecule has 0 fully saturated rings. The van der Waals surface area contributed by atoms with Crippen LogP contribution < -0.4 is 14.8 Å². The number of anilines is 1. The lowest BCUT2D eigenvalue weighted by Crippen LogP contribution is -2.13. The van der Waals surface area contributed by atoms with Crippen molar-refractivity contribution >= 4 is 17.7 Å². The van der Waals surface area contributed by atoms with Crippen molar-refractivity contribution in [3.05, 3.63) is 59.7 Å². The second-order valence-electron chi connectivity index (χ2n) is 4.77. The number of nitrogens with zero attached hydrogens (tertiary/aromatic N) is 1. The van der Waals surface area contributed by atoms with E-state index < -0.39 is 12.5 Å². The molecular formula is C18H14F2N2O3. The second-order valence-corrected chi connectivity index (χ2v) is 4.77. The summed E-state index contributed by atoms with van der Waals surface area (Å²) < 4.78 is 34.3. The Morgan fingerprint density at radius 2 is 2.00 bits per heavy atom. The number of halogens is 2. The van der Waals surface area contributed by atoms with Gasteiger partial charge in [0, 0.05) is 17.3 Å². The summed E-state index contributed by atoms with van der Waals surface area (Å²) >= 11 is 0. The standard InChI is InChI=1S/C18H14F2N2O3/c1-24-15-7-4-6-14(10-15)22-17(23)13(11-21)9-12-5-2-3-8-16(12)25-18(19)20/h2-10,18H,1H3,(H,22,23)/b13-9+. The first kappa shape index (κ1) is 17.9. The van der Waals surface area contributed by atoms with Crippen LogP contribution in [-0.4, -0.2) is 19.6 Å². The molecule has 0 radical (unpaired) electrons. The monoisotopic (exact) mass is 344 g/mol. The average Bonchev–Trinajstić information content (AvgIpc) is 2.60. The molecule has 0 atom stereocenters. The predicted molar refractivity (Wildman–Crippen MR) is 88.3 cm³/mol. The molecule has 0 heterocycles. The third-order valence-electron chi connectivity index (χ3n) is 3.13.